The van der Waals surface area contributed by atoms with Gasteiger partial charge in [0.15, 0.2) is 11.9 Å². The van der Waals surface area contributed by atoms with Crippen LogP contribution in [0.2, 0.25) is 0 Å². The minimum absolute atomic E-state index is 0.331. The van der Waals surface area contributed by atoms with E-state index in [0.717, 1.165) is 0 Å². The number of halogens is 1. The molecule has 1 aromatic carbocycles. The Hall–Kier alpha value is -2.37. The van der Waals surface area contributed by atoms with E-state index in [4.69, 9.17) is 9.26 Å². The number of amides is 1. The van der Waals surface area contributed by atoms with E-state index in [9.17, 15) is 9.18 Å². The van der Waals surface area contributed by atoms with Crippen molar-refractivity contribution in [1.82, 2.24) is 5.16 Å². The first-order valence-electron chi connectivity index (χ1n) is 5.71. The summed E-state index contributed by atoms with van der Waals surface area (Å²) in [7, 11) is 0. The molecule has 1 heterocycles. The molecule has 0 aliphatic heterocycles. The van der Waals surface area contributed by atoms with Gasteiger partial charge in [0.2, 0.25) is 0 Å². The second-order valence-corrected chi connectivity index (χ2v) is 4.03. The van der Waals surface area contributed by atoms with Gasteiger partial charge in [-0.25, -0.2) is 4.39 Å². The molecule has 1 N–H and O–H groups in total. The summed E-state index contributed by atoms with van der Waals surface area (Å²) in [4.78, 5) is 11.8. The Morgan fingerprint density at radius 2 is 2.11 bits per heavy atom. The van der Waals surface area contributed by atoms with E-state index in [1.165, 1.54) is 24.3 Å². The lowest BCUT2D eigenvalue weighted by Gasteiger charge is -2.13. The normalized spacial score (nSPS) is 11.9. The average molecular weight is 264 g/mol. The van der Waals surface area contributed by atoms with Gasteiger partial charge in [-0.2, -0.15) is 0 Å². The summed E-state index contributed by atoms with van der Waals surface area (Å²) in [5.41, 5.74) is 0. The highest BCUT2D eigenvalue weighted by atomic mass is 19.1. The number of carbonyl (C=O) groups is 1. The summed E-state index contributed by atoms with van der Waals surface area (Å²) in [6.07, 6.45) is -0.734. The molecule has 1 amide bonds. The highest BCUT2D eigenvalue weighted by molar-refractivity contribution is 5.93. The van der Waals surface area contributed by atoms with Gasteiger partial charge in [0, 0.05) is 6.07 Å². The van der Waals surface area contributed by atoms with Gasteiger partial charge in [-0.3, -0.25) is 4.79 Å². The fraction of sp³-hybridized carbons (Fsp3) is 0.231. The molecule has 1 atom stereocenters. The van der Waals surface area contributed by atoms with E-state index >= 15 is 0 Å². The lowest BCUT2D eigenvalue weighted by atomic mass is 10.3. The number of ether oxygens (including phenoxy) is 1. The number of rotatable bonds is 4. The second kappa shape index (κ2) is 5.51. The van der Waals surface area contributed by atoms with Crippen LogP contribution in [0.15, 0.2) is 34.9 Å². The first-order chi connectivity index (χ1) is 9.04. The fourth-order valence-electron chi connectivity index (χ4n) is 1.42. The average Bonchev–Trinajstić information content (AvgIpc) is 2.77. The highest BCUT2D eigenvalue weighted by Crippen LogP contribution is 2.14. The second-order valence-electron chi connectivity index (χ2n) is 4.03. The Balaban J connectivity index is 1.94. The summed E-state index contributed by atoms with van der Waals surface area (Å²) in [6.45, 7) is 3.31. The summed E-state index contributed by atoms with van der Waals surface area (Å²) in [5.74, 6) is 0.625. The first kappa shape index (κ1) is 13.1. The van der Waals surface area contributed by atoms with Gasteiger partial charge in [-0.15, -0.1) is 0 Å². The number of hydrogen-bond acceptors (Lipinski definition) is 4. The van der Waals surface area contributed by atoms with E-state index in [1.54, 1.807) is 19.9 Å². The van der Waals surface area contributed by atoms with Crippen molar-refractivity contribution in [1.29, 1.82) is 0 Å². The van der Waals surface area contributed by atoms with Crippen LogP contribution in [-0.2, 0) is 4.79 Å². The van der Waals surface area contributed by atoms with E-state index in [1.807, 2.05) is 0 Å². The van der Waals surface area contributed by atoms with Gasteiger partial charge in [-0.1, -0.05) is 5.16 Å². The molecule has 1 aromatic heterocycles. The van der Waals surface area contributed by atoms with Crippen molar-refractivity contribution in [2.75, 3.05) is 5.32 Å². The first-order valence-corrected chi connectivity index (χ1v) is 5.71. The lowest BCUT2D eigenvalue weighted by molar-refractivity contribution is -0.122. The molecule has 0 spiro atoms. The Bertz CT molecular complexity index is 566. The third-order valence-corrected chi connectivity index (χ3v) is 2.37. The van der Waals surface area contributed by atoms with Crippen molar-refractivity contribution in [2.24, 2.45) is 0 Å². The largest absolute Gasteiger partial charge is 0.481 e. The van der Waals surface area contributed by atoms with Gasteiger partial charge in [0.1, 0.15) is 17.3 Å². The van der Waals surface area contributed by atoms with Crippen molar-refractivity contribution in [3.8, 4) is 5.75 Å². The predicted octanol–water partition coefficient (Wildman–Crippen LogP) is 2.53. The van der Waals surface area contributed by atoms with Crippen LogP contribution in [0.3, 0.4) is 0 Å². The summed E-state index contributed by atoms with van der Waals surface area (Å²) in [5, 5.41) is 6.20. The number of nitrogens with zero attached hydrogens (tertiary/aromatic N) is 1. The molecule has 0 fully saturated rings. The fourth-order valence-corrected chi connectivity index (χ4v) is 1.42. The van der Waals surface area contributed by atoms with E-state index in [0.29, 0.717) is 17.3 Å². The molecule has 0 saturated heterocycles. The van der Waals surface area contributed by atoms with Gasteiger partial charge in [0.25, 0.3) is 5.91 Å². The zero-order valence-corrected chi connectivity index (χ0v) is 10.5. The van der Waals surface area contributed by atoms with E-state index in [-0.39, 0.29) is 11.7 Å². The SMILES string of the molecule is Cc1cc(NC(=O)[C@@H](C)Oc2ccc(F)cc2)no1. The molecule has 0 radical (unpaired) electrons. The number of anilines is 1. The molecule has 0 saturated carbocycles. The molecule has 2 rings (SSSR count). The minimum Gasteiger partial charge on any atom is -0.481 e. The number of aryl methyl sites for hydroxylation is 1. The summed E-state index contributed by atoms with van der Waals surface area (Å²) < 4.78 is 22.9. The van der Waals surface area contributed by atoms with Crippen molar-refractivity contribution in [3.63, 3.8) is 0 Å². The molecule has 0 aliphatic rings. The molecule has 100 valence electrons. The van der Waals surface area contributed by atoms with E-state index in [2.05, 4.69) is 10.5 Å². The van der Waals surface area contributed by atoms with Gasteiger partial charge in [0.05, 0.1) is 0 Å². The molecule has 0 aliphatic carbocycles. The predicted molar refractivity (Wildman–Crippen MR) is 66.4 cm³/mol. The van der Waals surface area contributed by atoms with Crippen molar-refractivity contribution in [2.45, 2.75) is 20.0 Å². The molecule has 2 aromatic rings. The zero-order valence-electron chi connectivity index (χ0n) is 10.5. The molecular weight excluding hydrogens is 251 g/mol. The smallest absolute Gasteiger partial charge is 0.266 e. The molecule has 5 nitrogen and oxygen atoms in total. The molecule has 6 heteroatoms. The van der Waals surface area contributed by atoms with Crippen LogP contribution in [0.4, 0.5) is 10.2 Å². The maximum absolute atomic E-state index is 12.7. The Labute approximate surface area is 109 Å². The molecule has 19 heavy (non-hydrogen) atoms. The van der Waals surface area contributed by atoms with Crippen LogP contribution in [0.1, 0.15) is 12.7 Å². The summed E-state index contributed by atoms with van der Waals surface area (Å²) >= 11 is 0. The van der Waals surface area contributed by atoms with Crippen LogP contribution in [-0.4, -0.2) is 17.2 Å². The van der Waals surface area contributed by atoms with Gasteiger partial charge in [-0.05, 0) is 38.1 Å². The number of carbonyl (C=O) groups excluding carboxylic acids is 1. The zero-order chi connectivity index (χ0) is 13.8. The van der Waals surface area contributed by atoms with Crippen LogP contribution in [0.25, 0.3) is 0 Å². The van der Waals surface area contributed by atoms with Crippen molar-refractivity contribution < 1.29 is 18.4 Å². The van der Waals surface area contributed by atoms with Crippen LogP contribution in [0, 0.1) is 12.7 Å². The number of hydrogen-bond donors (Lipinski definition) is 1. The van der Waals surface area contributed by atoms with Crippen LogP contribution >= 0.6 is 0 Å². The third kappa shape index (κ3) is 3.54. The van der Waals surface area contributed by atoms with Gasteiger partial charge < -0.3 is 14.6 Å². The van der Waals surface area contributed by atoms with Crippen molar-refractivity contribution in [3.05, 3.63) is 41.9 Å². The lowest BCUT2D eigenvalue weighted by Crippen LogP contribution is -2.30. The molecule has 0 bridgehead atoms. The quantitative estimate of drug-likeness (QED) is 0.921. The van der Waals surface area contributed by atoms with Crippen LogP contribution in [0.5, 0.6) is 5.75 Å². The topological polar surface area (TPSA) is 64.4 Å². The Morgan fingerprint density at radius 1 is 1.42 bits per heavy atom. The Kier molecular flexibility index (Phi) is 3.79. The third-order valence-electron chi connectivity index (χ3n) is 2.37. The number of benzene rings is 1. The summed E-state index contributed by atoms with van der Waals surface area (Å²) in [6, 6.07) is 7.04. The van der Waals surface area contributed by atoms with Crippen LogP contribution < -0.4 is 10.1 Å². The van der Waals surface area contributed by atoms with Crippen molar-refractivity contribution >= 4 is 11.7 Å². The van der Waals surface area contributed by atoms with E-state index < -0.39 is 6.10 Å². The van der Waals surface area contributed by atoms with Gasteiger partial charge >= 0.3 is 0 Å². The highest BCUT2D eigenvalue weighted by Gasteiger charge is 2.16. The molecular formula is C13H13FN2O3. The maximum atomic E-state index is 12.7. The Morgan fingerprint density at radius 3 is 2.68 bits per heavy atom. The monoisotopic (exact) mass is 264 g/mol. The minimum atomic E-state index is -0.734. The molecule has 0 unspecified atom stereocenters. The standard InChI is InChI=1S/C13H13FN2O3/c1-8-7-12(16-19-8)15-13(17)9(2)18-11-5-3-10(14)4-6-11/h3-7,9H,1-2H3,(H,15,16,17)/t9-/m1/s1. The maximum Gasteiger partial charge on any atom is 0.266 e. The number of aromatic nitrogens is 1. The number of nitrogens with one attached hydrogen (secondary N) is 1.